The lowest BCUT2D eigenvalue weighted by atomic mass is 9.95. The lowest BCUT2D eigenvalue weighted by molar-refractivity contribution is -0.139. The summed E-state index contributed by atoms with van der Waals surface area (Å²) in [6.45, 7) is 6.12. The van der Waals surface area contributed by atoms with Crippen molar-refractivity contribution in [3.63, 3.8) is 0 Å². The van der Waals surface area contributed by atoms with Crippen LogP contribution in [0, 0.1) is 6.92 Å². The highest BCUT2D eigenvalue weighted by molar-refractivity contribution is 9.10. The van der Waals surface area contributed by atoms with Gasteiger partial charge in [0.2, 0.25) is 0 Å². The van der Waals surface area contributed by atoms with Crippen molar-refractivity contribution in [2.24, 2.45) is 4.99 Å². The lowest BCUT2D eigenvalue weighted by Gasteiger charge is -2.24. The van der Waals surface area contributed by atoms with Gasteiger partial charge >= 0.3 is 5.97 Å². The Morgan fingerprint density at radius 3 is 2.51 bits per heavy atom. The standard InChI is InChI=1S/C36H31BrN2O5S/c1-5-43-35(41)31-22(3)38-36-39(32(31)26-13-10-21(2)11-14-26)34(40)30(45-36)19-24-17-28(37)33(29(18-24)42-4)44-20-23-12-15-25-8-6-7-9-27(25)16-23/h6-19,32H,5,20H2,1-4H3/b30-19+/t32-/m0/s1. The molecule has 0 amide bonds. The van der Waals surface area contributed by atoms with E-state index in [9.17, 15) is 9.59 Å². The van der Waals surface area contributed by atoms with Gasteiger partial charge in [0.1, 0.15) is 6.61 Å². The molecule has 45 heavy (non-hydrogen) atoms. The predicted octanol–water partition coefficient (Wildman–Crippen LogP) is 6.61. The molecule has 5 aromatic rings. The van der Waals surface area contributed by atoms with E-state index in [2.05, 4.69) is 51.3 Å². The number of hydrogen-bond donors (Lipinski definition) is 0. The molecular weight excluding hydrogens is 652 g/mol. The summed E-state index contributed by atoms with van der Waals surface area (Å²) in [5.41, 5.74) is 4.31. The van der Waals surface area contributed by atoms with Crippen molar-refractivity contribution in [1.29, 1.82) is 0 Å². The van der Waals surface area contributed by atoms with E-state index in [1.807, 2.05) is 55.5 Å². The number of aryl methyl sites for hydroxylation is 1. The van der Waals surface area contributed by atoms with E-state index in [0.717, 1.165) is 27.6 Å². The van der Waals surface area contributed by atoms with Gasteiger partial charge in [-0.25, -0.2) is 9.79 Å². The molecule has 0 radical (unpaired) electrons. The summed E-state index contributed by atoms with van der Waals surface area (Å²) in [6.07, 6.45) is 1.81. The first-order valence-electron chi connectivity index (χ1n) is 14.5. The molecule has 1 aromatic heterocycles. The summed E-state index contributed by atoms with van der Waals surface area (Å²) >= 11 is 4.93. The molecule has 0 saturated heterocycles. The normalized spacial score (nSPS) is 14.7. The number of aromatic nitrogens is 1. The molecule has 6 rings (SSSR count). The number of hydrogen-bond acceptors (Lipinski definition) is 7. The number of nitrogens with zero attached hydrogens (tertiary/aromatic N) is 2. The van der Waals surface area contributed by atoms with Crippen LogP contribution in [0.25, 0.3) is 16.8 Å². The summed E-state index contributed by atoms with van der Waals surface area (Å²) in [5.74, 6) is 0.618. The quantitative estimate of drug-likeness (QED) is 0.172. The first-order chi connectivity index (χ1) is 21.8. The van der Waals surface area contributed by atoms with Crippen molar-refractivity contribution >= 4 is 50.1 Å². The van der Waals surface area contributed by atoms with Crippen LogP contribution < -0.4 is 24.4 Å². The molecule has 0 bridgehead atoms. The SMILES string of the molecule is CCOC(=O)C1=C(C)N=c2s/c(=C/c3cc(Br)c(OCc4ccc5ccccc5c4)c(OC)c3)c(=O)n2[C@H]1c1ccc(C)cc1. The minimum absolute atomic E-state index is 0.222. The Morgan fingerprint density at radius 2 is 1.78 bits per heavy atom. The zero-order valence-electron chi connectivity index (χ0n) is 25.3. The van der Waals surface area contributed by atoms with Crippen LogP contribution in [0.3, 0.4) is 0 Å². The number of ether oxygens (including phenoxy) is 3. The van der Waals surface area contributed by atoms with Gasteiger partial charge in [-0.3, -0.25) is 9.36 Å². The third-order valence-electron chi connectivity index (χ3n) is 7.66. The topological polar surface area (TPSA) is 79.1 Å². The third-order valence-corrected chi connectivity index (χ3v) is 9.23. The fourth-order valence-corrected chi connectivity index (χ4v) is 7.08. The Bertz CT molecular complexity index is 2150. The van der Waals surface area contributed by atoms with E-state index in [-0.39, 0.29) is 12.2 Å². The van der Waals surface area contributed by atoms with Crippen molar-refractivity contribution in [1.82, 2.24) is 4.57 Å². The number of fused-ring (bicyclic) bond motifs is 2. The molecule has 1 aliphatic rings. The van der Waals surface area contributed by atoms with Gasteiger partial charge in [0, 0.05) is 0 Å². The molecule has 0 N–H and O–H groups in total. The van der Waals surface area contributed by atoms with E-state index >= 15 is 0 Å². The smallest absolute Gasteiger partial charge is 0.338 e. The average Bonchev–Trinajstić information content (AvgIpc) is 3.33. The second kappa shape index (κ2) is 12.9. The molecule has 0 spiro atoms. The van der Waals surface area contributed by atoms with Gasteiger partial charge in [-0.15, -0.1) is 0 Å². The molecule has 1 atom stereocenters. The number of esters is 1. The van der Waals surface area contributed by atoms with Crippen LogP contribution >= 0.6 is 27.3 Å². The summed E-state index contributed by atoms with van der Waals surface area (Å²) in [6, 6.07) is 25.3. The van der Waals surface area contributed by atoms with Crippen LogP contribution in [0.1, 0.15) is 42.1 Å². The monoisotopic (exact) mass is 682 g/mol. The predicted molar refractivity (Wildman–Crippen MR) is 181 cm³/mol. The molecule has 2 heterocycles. The Kier molecular flexibility index (Phi) is 8.74. The van der Waals surface area contributed by atoms with Crippen LogP contribution in [0.4, 0.5) is 0 Å². The number of methoxy groups -OCH3 is 1. The minimum atomic E-state index is -0.657. The highest BCUT2D eigenvalue weighted by Crippen LogP contribution is 2.38. The zero-order valence-corrected chi connectivity index (χ0v) is 27.7. The second-order valence-electron chi connectivity index (χ2n) is 10.7. The largest absolute Gasteiger partial charge is 0.493 e. The van der Waals surface area contributed by atoms with E-state index in [4.69, 9.17) is 14.2 Å². The Labute approximate surface area is 272 Å². The van der Waals surface area contributed by atoms with E-state index < -0.39 is 12.0 Å². The minimum Gasteiger partial charge on any atom is -0.493 e. The average molecular weight is 684 g/mol. The van der Waals surface area contributed by atoms with Crippen LogP contribution in [0.2, 0.25) is 0 Å². The number of carbonyl (C=O) groups is 1. The third kappa shape index (κ3) is 6.10. The van der Waals surface area contributed by atoms with Crippen LogP contribution in [-0.2, 0) is 16.1 Å². The number of carbonyl (C=O) groups excluding carboxylic acids is 1. The molecule has 0 unspecified atom stereocenters. The molecule has 4 aromatic carbocycles. The Morgan fingerprint density at radius 1 is 1.02 bits per heavy atom. The first kappa shape index (κ1) is 30.6. The maximum absolute atomic E-state index is 14.0. The molecule has 7 nitrogen and oxygen atoms in total. The maximum Gasteiger partial charge on any atom is 0.338 e. The maximum atomic E-state index is 14.0. The van der Waals surface area contributed by atoms with Crippen LogP contribution in [0.15, 0.2) is 104 Å². The number of benzene rings is 4. The van der Waals surface area contributed by atoms with Gasteiger partial charge < -0.3 is 14.2 Å². The molecular formula is C36H31BrN2O5S. The Hall–Kier alpha value is -4.47. The van der Waals surface area contributed by atoms with Crippen LogP contribution in [0.5, 0.6) is 11.5 Å². The van der Waals surface area contributed by atoms with Crippen molar-refractivity contribution in [3.05, 3.63) is 137 Å². The Balaban J connectivity index is 1.37. The van der Waals surface area contributed by atoms with E-state index in [1.54, 1.807) is 31.6 Å². The van der Waals surface area contributed by atoms with Gasteiger partial charge in [-0.05, 0) is 88.4 Å². The van der Waals surface area contributed by atoms with Crippen molar-refractivity contribution in [2.75, 3.05) is 13.7 Å². The van der Waals surface area contributed by atoms with Crippen LogP contribution in [-0.4, -0.2) is 24.3 Å². The molecule has 0 saturated carbocycles. The van der Waals surface area contributed by atoms with Gasteiger partial charge in [0.15, 0.2) is 16.3 Å². The van der Waals surface area contributed by atoms with Gasteiger partial charge in [-0.2, -0.15) is 0 Å². The fraction of sp³-hybridized carbons (Fsp3) is 0.194. The number of halogens is 1. The summed E-state index contributed by atoms with van der Waals surface area (Å²) < 4.78 is 20.1. The molecule has 228 valence electrons. The highest BCUT2D eigenvalue weighted by Gasteiger charge is 2.33. The zero-order chi connectivity index (χ0) is 31.7. The highest BCUT2D eigenvalue weighted by atomic mass is 79.9. The van der Waals surface area contributed by atoms with Crippen molar-refractivity contribution in [2.45, 2.75) is 33.4 Å². The molecule has 1 aliphatic heterocycles. The first-order valence-corrected chi connectivity index (χ1v) is 16.1. The number of rotatable bonds is 8. The van der Waals surface area contributed by atoms with Crippen molar-refractivity contribution in [3.8, 4) is 11.5 Å². The van der Waals surface area contributed by atoms with Gasteiger partial charge in [0.25, 0.3) is 5.56 Å². The fourth-order valence-electron chi connectivity index (χ4n) is 5.45. The second-order valence-corrected chi connectivity index (χ2v) is 12.6. The summed E-state index contributed by atoms with van der Waals surface area (Å²) in [5, 5.41) is 2.32. The van der Waals surface area contributed by atoms with Gasteiger partial charge in [-0.1, -0.05) is 77.6 Å². The summed E-state index contributed by atoms with van der Waals surface area (Å²) in [4.78, 5) is 32.3. The number of allylic oxidation sites excluding steroid dienone is 1. The summed E-state index contributed by atoms with van der Waals surface area (Å²) in [7, 11) is 1.59. The van der Waals surface area contributed by atoms with Crippen molar-refractivity contribution < 1.29 is 19.0 Å². The number of thiazole rings is 1. The van der Waals surface area contributed by atoms with Gasteiger partial charge in [0.05, 0.1) is 40.0 Å². The molecule has 0 aliphatic carbocycles. The van der Waals surface area contributed by atoms with E-state index in [0.29, 0.717) is 43.2 Å². The molecule has 0 fully saturated rings. The van der Waals surface area contributed by atoms with E-state index in [1.165, 1.54) is 16.7 Å². The molecule has 9 heteroatoms. The lowest BCUT2D eigenvalue weighted by Crippen LogP contribution is -2.39.